The molecule has 3 aromatic carbocycles. The monoisotopic (exact) mass is 533 g/mol. The Labute approximate surface area is 227 Å². The van der Waals surface area contributed by atoms with Crippen molar-refractivity contribution in [1.29, 1.82) is 0 Å². The zero-order valence-electron chi connectivity index (χ0n) is 20.6. The van der Waals surface area contributed by atoms with E-state index in [0.29, 0.717) is 35.3 Å². The second-order valence-corrected chi connectivity index (χ2v) is 10.4. The number of carbonyl (C=O) groups excluding carboxylic acids is 2. The maximum atomic E-state index is 14.2. The minimum atomic E-state index is -0.327. The van der Waals surface area contributed by atoms with E-state index in [1.165, 1.54) is 6.92 Å². The van der Waals surface area contributed by atoms with E-state index in [2.05, 4.69) is 34.9 Å². The quantitative estimate of drug-likeness (QED) is 0.408. The van der Waals surface area contributed by atoms with Crippen LogP contribution >= 0.6 is 23.2 Å². The molecule has 1 heterocycles. The van der Waals surface area contributed by atoms with Crippen molar-refractivity contribution in [1.82, 2.24) is 15.5 Å². The maximum Gasteiger partial charge on any atom is 0.252 e. The largest absolute Gasteiger partial charge is 0.348 e. The van der Waals surface area contributed by atoms with Crippen LogP contribution in [0.3, 0.4) is 0 Å². The standard InChI is InChI=1S/C30H29Cl2N3O2/c1-19(36)34-27-17-33-16-25(28(27)22-10-5-9-21(15-22)20-7-3-2-4-8-20)30(37)35(24-13-14-24)18-23-11-6-12-26(31)29(23)32/h2-12,15,24,27,33H,13-14,16-18H2,1H3,(H,34,36). The van der Waals surface area contributed by atoms with Gasteiger partial charge in [0.1, 0.15) is 0 Å². The number of hydrogen-bond acceptors (Lipinski definition) is 3. The van der Waals surface area contributed by atoms with Crippen molar-refractivity contribution in [3.05, 3.63) is 99.5 Å². The number of amides is 2. The third kappa shape index (κ3) is 5.74. The second kappa shape index (κ2) is 11.1. The number of hydrogen-bond donors (Lipinski definition) is 2. The molecule has 1 atom stereocenters. The Morgan fingerprint density at radius 2 is 1.65 bits per heavy atom. The third-order valence-electron chi connectivity index (χ3n) is 6.86. The van der Waals surface area contributed by atoms with Gasteiger partial charge in [-0.3, -0.25) is 9.59 Å². The van der Waals surface area contributed by atoms with Crippen molar-refractivity contribution >= 4 is 40.6 Å². The first kappa shape index (κ1) is 25.5. The summed E-state index contributed by atoms with van der Waals surface area (Å²) in [7, 11) is 0. The molecule has 2 N–H and O–H groups in total. The number of carbonyl (C=O) groups is 2. The molecule has 0 spiro atoms. The Morgan fingerprint density at radius 3 is 2.38 bits per heavy atom. The van der Waals surface area contributed by atoms with Crippen LogP contribution in [0.4, 0.5) is 0 Å². The molecule has 5 rings (SSSR count). The molecule has 7 heteroatoms. The lowest BCUT2D eigenvalue weighted by molar-refractivity contribution is -0.128. The fraction of sp³-hybridized carbons (Fsp3) is 0.267. The minimum Gasteiger partial charge on any atom is -0.348 e. The first-order chi connectivity index (χ1) is 17.9. The molecule has 1 saturated carbocycles. The van der Waals surface area contributed by atoms with Crippen LogP contribution < -0.4 is 10.6 Å². The number of benzene rings is 3. The van der Waals surface area contributed by atoms with E-state index in [-0.39, 0.29) is 23.9 Å². The van der Waals surface area contributed by atoms with Crippen LogP contribution in [-0.4, -0.2) is 41.9 Å². The van der Waals surface area contributed by atoms with E-state index in [9.17, 15) is 9.59 Å². The summed E-state index contributed by atoms with van der Waals surface area (Å²) < 4.78 is 0. The predicted molar refractivity (Wildman–Crippen MR) is 149 cm³/mol. The van der Waals surface area contributed by atoms with Gasteiger partial charge in [-0.1, -0.05) is 83.9 Å². The van der Waals surface area contributed by atoms with Crippen LogP contribution in [0.5, 0.6) is 0 Å². The van der Waals surface area contributed by atoms with Crippen molar-refractivity contribution in [2.75, 3.05) is 13.1 Å². The van der Waals surface area contributed by atoms with Crippen molar-refractivity contribution < 1.29 is 9.59 Å². The second-order valence-electron chi connectivity index (χ2n) is 9.60. The average Bonchev–Trinajstić information content (AvgIpc) is 3.75. The normalized spacial score (nSPS) is 17.4. The van der Waals surface area contributed by atoms with E-state index >= 15 is 0 Å². The smallest absolute Gasteiger partial charge is 0.252 e. The molecular weight excluding hydrogens is 505 g/mol. The summed E-state index contributed by atoms with van der Waals surface area (Å²) in [6.07, 6.45) is 1.91. The van der Waals surface area contributed by atoms with Gasteiger partial charge in [0.25, 0.3) is 5.91 Å². The molecule has 0 radical (unpaired) electrons. The molecule has 1 unspecified atom stereocenters. The molecule has 3 aromatic rings. The number of halogens is 2. The fourth-order valence-corrected chi connectivity index (χ4v) is 5.34. The number of nitrogens with zero attached hydrogens (tertiary/aromatic N) is 1. The SMILES string of the molecule is CC(=O)NC1CNCC(C(=O)N(Cc2cccc(Cl)c2Cl)C2CC2)=C1c1cccc(-c2ccccc2)c1. The molecule has 1 aliphatic heterocycles. The van der Waals surface area contributed by atoms with Crippen LogP contribution in [0.25, 0.3) is 16.7 Å². The molecule has 2 amide bonds. The van der Waals surface area contributed by atoms with E-state index in [4.69, 9.17) is 23.2 Å². The van der Waals surface area contributed by atoms with Crippen LogP contribution in [0.2, 0.25) is 10.0 Å². The highest BCUT2D eigenvalue weighted by Crippen LogP contribution is 2.36. The Morgan fingerprint density at radius 1 is 0.946 bits per heavy atom. The van der Waals surface area contributed by atoms with Crippen LogP contribution in [-0.2, 0) is 16.1 Å². The van der Waals surface area contributed by atoms with E-state index in [0.717, 1.165) is 40.7 Å². The van der Waals surface area contributed by atoms with E-state index in [1.54, 1.807) is 6.07 Å². The predicted octanol–water partition coefficient (Wildman–Crippen LogP) is 5.71. The summed E-state index contributed by atoms with van der Waals surface area (Å²) in [5, 5.41) is 7.36. The van der Waals surface area contributed by atoms with Gasteiger partial charge in [0, 0.05) is 38.2 Å². The number of nitrogens with one attached hydrogen (secondary N) is 2. The van der Waals surface area contributed by atoms with Crippen molar-refractivity contribution in [2.45, 2.75) is 38.4 Å². The van der Waals surface area contributed by atoms with Crippen LogP contribution in [0.15, 0.2) is 78.4 Å². The van der Waals surface area contributed by atoms with Gasteiger partial charge in [-0.15, -0.1) is 0 Å². The number of rotatable bonds is 7. The highest BCUT2D eigenvalue weighted by molar-refractivity contribution is 6.42. The summed E-state index contributed by atoms with van der Waals surface area (Å²) in [5.74, 6) is -0.178. The Balaban J connectivity index is 1.58. The topological polar surface area (TPSA) is 61.4 Å². The van der Waals surface area contributed by atoms with E-state index in [1.807, 2.05) is 47.4 Å². The highest BCUT2D eigenvalue weighted by Gasteiger charge is 2.37. The van der Waals surface area contributed by atoms with Gasteiger partial charge in [-0.2, -0.15) is 0 Å². The van der Waals surface area contributed by atoms with Gasteiger partial charge in [0.05, 0.1) is 16.1 Å². The van der Waals surface area contributed by atoms with Gasteiger partial charge in [0.2, 0.25) is 5.91 Å². The molecule has 0 bridgehead atoms. The molecular formula is C30H29Cl2N3O2. The molecule has 5 nitrogen and oxygen atoms in total. The van der Waals surface area contributed by atoms with Gasteiger partial charge in [-0.05, 0) is 52.8 Å². The Hall–Kier alpha value is -3.12. The summed E-state index contributed by atoms with van der Waals surface area (Å²) in [6, 6.07) is 23.7. The van der Waals surface area contributed by atoms with E-state index < -0.39 is 0 Å². The molecule has 1 aliphatic carbocycles. The molecule has 2 aliphatic rings. The molecule has 0 saturated heterocycles. The first-order valence-electron chi connectivity index (χ1n) is 12.5. The highest BCUT2D eigenvalue weighted by atomic mass is 35.5. The average molecular weight is 534 g/mol. The summed E-state index contributed by atoms with van der Waals surface area (Å²) in [4.78, 5) is 28.2. The summed E-state index contributed by atoms with van der Waals surface area (Å²) in [6.45, 7) is 2.86. The maximum absolute atomic E-state index is 14.2. The zero-order valence-corrected chi connectivity index (χ0v) is 22.1. The van der Waals surface area contributed by atoms with Crippen LogP contribution in [0.1, 0.15) is 30.9 Å². The van der Waals surface area contributed by atoms with Crippen LogP contribution in [0, 0.1) is 0 Å². The van der Waals surface area contributed by atoms with Crippen molar-refractivity contribution in [3.8, 4) is 11.1 Å². The first-order valence-corrected chi connectivity index (χ1v) is 13.3. The Bertz CT molecular complexity index is 1350. The molecule has 1 fully saturated rings. The lowest BCUT2D eigenvalue weighted by Gasteiger charge is -2.33. The van der Waals surface area contributed by atoms with Gasteiger partial charge in [0.15, 0.2) is 0 Å². The summed E-state index contributed by atoms with van der Waals surface area (Å²) in [5.41, 5.74) is 5.44. The van der Waals surface area contributed by atoms with Crippen molar-refractivity contribution in [3.63, 3.8) is 0 Å². The molecule has 0 aromatic heterocycles. The van der Waals surface area contributed by atoms with Gasteiger partial charge in [-0.25, -0.2) is 0 Å². The lowest BCUT2D eigenvalue weighted by Crippen LogP contribution is -2.49. The fourth-order valence-electron chi connectivity index (χ4n) is 4.96. The Kier molecular flexibility index (Phi) is 7.65. The molecule has 190 valence electrons. The minimum absolute atomic E-state index is 0.0405. The van der Waals surface area contributed by atoms with Crippen molar-refractivity contribution in [2.24, 2.45) is 0 Å². The summed E-state index contributed by atoms with van der Waals surface area (Å²) >= 11 is 12.8. The lowest BCUT2D eigenvalue weighted by atomic mass is 9.88. The van der Waals surface area contributed by atoms with Gasteiger partial charge >= 0.3 is 0 Å². The zero-order chi connectivity index (χ0) is 25.9. The van der Waals surface area contributed by atoms with Gasteiger partial charge < -0.3 is 15.5 Å². The third-order valence-corrected chi connectivity index (χ3v) is 7.72. The molecule has 37 heavy (non-hydrogen) atoms.